The molecule has 0 saturated carbocycles. The lowest BCUT2D eigenvalue weighted by Crippen LogP contribution is -2.34. The first-order valence-electron chi connectivity index (χ1n) is 5.63. The van der Waals surface area contributed by atoms with E-state index in [1.54, 1.807) is 0 Å². The molecule has 0 aliphatic carbocycles. The fourth-order valence-electron chi connectivity index (χ4n) is 1.72. The van der Waals surface area contributed by atoms with Crippen molar-refractivity contribution in [2.24, 2.45) is 18.7 Å². The lowest BCUT2D eigenvalue weighted by molar-refractivity contribution is 0.505. The number of hydrogen-bond acceptors (Lipinski definition) is 5. The summed E-state index contributed by atoms with van der Waals surface area (Å²) in [5.74, 6) is 0.125. The van der Waals surface area contributed by atoms with Gasteiger partial charge in [-0.3, -0.25) is 14.3 Å². The van der Waals surface area contributed by atoms with Crippen LogP contribution in [0.3, 0.4) is 0 Å². The Kier molecular flexibility index (Phi) is 3.00. The molecule has 1 unspecified atom stereocenters. The lowest BCUT2D eigenvalue weighted by Gasteiger charge is -2.16. The maximum absolute atomic E-state index is 12.1. The van der Waals surface area contributed by atoms with E-state index >= 15 is 0 Å². The molecule has 0 spiro atoms. The molecule has 18 heavy (non-hydrogen) atoms. The Balaban J connectivity index is 2.89. The molecule has 2 rings (SSSR count). The van der Waals surface area contributed by atoms with Crippen molar-refractivity contribution in [3.8, 4) is 0 Å². The molecule has 0 amide bonds. The number of hydrogen-bond donors (Lipinski definition) is 2. The van der Waals surface area contributed by atoms with Crippen LogP contribution in [0.15, 0.2) is 15.9 Å². The van der Waals surface area contributed by atoms with Gasteiger partial charge in [0.05, 0.1) is 11.7 Å². The molecule has 0 aliphatic heterocycles. The second kappa shape index (κ2) is 4.34. The Labute approximate surface area is 103 Å². The SMILES string of the molecule is CC(C)C(N)c1ncnc2[nH]c(=O)n(C)c(=O)c12. The third-order valence-electron chi connectivity index (χ3n) is 2.96. The van der Waals surface area contributed by atoms with Gasteiger partial charge in [-0.15, -0.1) is 0 Å². The van der Waals surface area contributed by atoms with Crippen molar-refractivity contribution in [3.05, 3.63) is 32.9 Å². The minimum Gasteiger partial charge on any atom is -0.322 e. The fraction of sp³-hybridized carbons (Fsp3) is 0.455. The summed E-state index contributed by atoms with van der Waals surface area (Å²) in [4.78, 5) is 34.1. The van der Waals surface area contributed by atoms with Crippen LogP contribution in [-0.4, -0.2) is 19.5 Å². The Morgan fingerprint density at radius 1 is 1.33 bits per heavy atom. The fourth-order valence-corrected chi connectivity index (χ4v) is 1.72. The molecule has 1 atom stereocenters. The minimum atomic E-state index is -0.504. The number of rotatable bonds is 2. The standard InChI is InChI=1S/C11H15N5O2/c1-5(2)7(12)8-6-9(14-4-13-8)15-11(18)16(3)10(6)17/h4-5,7H,12H2,1-3H3,(H,13,14,15,18). The lowest BCUT2D eigenvalue weighted by atomic mass is 10.00. The van der Waals surface area contributed by atoms with E-state index < -0.39 is 11.2 Å². The highest BCUT2D eigenvalue weighted by Crippen LogP contribution is 2.20. The van der Waals surface area contributed by atoms with Gasteiger partial charge in [0.15, 0.2) is 5.65 Å². The Morgan fingerprint density at radius 3 is 2.61 bits per heavy atom. The van der Waals surface area contributed by atoms with E-state index in [1.165, 1.54) is 13.4 Å². The second-order valence-electron chi connectivity index (χ2n) is 4.55. The normalized spacial score (nSPS) is 13.2. The first-order chi connectivity index (χ1) is 8.43. The summed E-state index contributed by atoms with van der Waals surface area (Å²) in [7, 11) is 1.40. The quantitative estimate of drug-likeness (QED) is 0.758. The number of H-pyrrole nitrogens is 1. The molecule has 0 fully saturated rings. The van der Waals surface area contributed by atoms with Crippen LogP contribution in [0, 0.1) is 5.92 Å². The van der Waals surface area contributed by atoms with Crippen LogP contribution in [0.1, 0.15) is 25.6 Å². The number of fused-ring (bicyclic) bond motifs is 1. The van der Waals surface area contributed by atoms with Crippen LogP contribution in [0.5, 0.6) is 0 Å². The number of aromatic amines is 1. The molecule has 0 aliphatic rings. The molecule has 0 saturated heterocycles. The highest BCUT2D eigenvalue weighted by Gasteiger charge is 2.19. The van der Waals surface area contributed by atoms with Gasteiger partial charge in [0.1, 0.15) is 11.7 Å². The Bertz CT molecular complexity index is 701. The van der Waals surface area contributed by atoms with Gasteiger partial charge < -0.3 is 5.73 Å². The van der Waals surface area contributed by atoms with E-state index in [9.17, 15) is 9.59 Å². The largest absolute Gasteiger partial charge is 0.329 e. The molecule has 0 aromatic carbocycles. The number of nitrogens with zero attached hydrogens (tertiary/aromatic N) is 3. The van der Waals surface area contributed by atoms with Crippen molar-refractivity contribution >= 4 is 11.0 Å². The van der Waals surface area contributed by atoms with E-state index in [0.717, 1.165) is 4.57 Å². The number of nitrogens with one attached hydrogen (secondary N) is 1. The van der Waals surface area contributed by atoms with Crippen molar-refractivity contribution in [2.45, 2.75) is 19.9 Å². The van der Waals surface area contributed by atoms with Gasteiger partial charge in [0.25, 0.3) is 5.56 Å². The van der Waals surface area contributed by atoms with E-state index in [4.69, 9.17) is 5.73 Å². The monoisotopic (exact) mass is 249 g/mol. The van der Waals surface area contributed by atoms with Crippen LogP contribution in [-0.2, 0) is 7.05 Å². The topological polar surface area (TPSA) is 107 Å². The maximum Gasteiger partial charge on any atom is 0.329 e. The van der Waals surface area contributed by atoms with E-state index in [2.05, 4.69) is 15.0 Å². The van der Waals surface area contributed by atoms with E-state index in [1.807, 2.05) is 13.8 Å². The average molecular weight is 249 g/mol. The predicted molar refractivity (Wildman–Crippen MR) is 67.2 cm³/mol. The molecule has 0 bridgehead atoms. The van der Waals surface area contributed by atoms with Gasteiger partial charge in [-0.05, 0) is 5.92 Å². The van der Waals surface area contributed by atoms with Crippen LogP contribution in [0.2, 0.25) is 0 Å². The van der Waals surface area contributed by atoms with Crippen molar-refractivity contribution in [1.29, 1.82) is 0 Å². The highest BCUT2D eigenvalue weighted by atomic mass is 16.2. The molecule has 2 heterocycles. The summed E-state index contributed by atoms with van der Waals surface area (Å²) < 4.78 is 0.988. The molecular formula is C11H15N5O2. The summed E-state index contributed by atoms with van der Waals surface area (Å²) in [5, 5.41) is 0.279. The average Bonchev–Trinajstić information content (AvgIpc) is 2.34. The molecule has 7 heteroatoms. The number of aromatic nitrogens is 4. The summed E-state index contributed by atoms with van der Waals surface area (Å²) in [5.41, 5.74) is 5.79. The molecule has 0 radical (unpaired) electrons. The summed E-state index contributed by atoms with van der Waals surface area (Å²) in [6, 6.07) is -0.380. The molecule has 7 nitrogen and oxygen atoms in total. The van der Waals surface area contributed by atoms with Gasteiger partial charge in [0.2, 0.25) is 0 Å². The van der Waals surface area contributed by atoms with Gasteiger partial charge in [-0.2, -0.15) is 0 Å². The van der Waals surface area contributed by atoms with Crippen molar-refractivity contribution in [3.63, 3.8) is 0 Å². The van der Waals surface area contributed by atoms with Gasteiger partial charge in [-0.1, -0.05) is 13.8 Å². The predicted octanol–water partition coefficient (Wildman–Crippen LogP) is -0.327. The van der Waals surface area contributed by atoms with Crippen LogP contribution >= 0.6 is 0 Å². The van der Waals surface area contributed by atoms with Gasteiger partial charge in [0, 0.05) is 7.05 Å². The number of nitrogens with two attached hydrogens (primary N) is 1. The third kappa shape index (κ3) is 1.82. The summed E-state index contributed by atoms with van der Waals surface area (Å²) in [6.45, 7) is 3.88. The van der Waals surface area contributed by atoms with Gasteiger partial charge >= 0.3 is 5.69 Å². The van der Waals surface area contributed by atoms with Crippen molar-refractivity contribution in [1.82, 2.24) is 19.5 Å². The first-order valence-corrected chi connectivity index (χ1v) is 5.63. The smallest absolute Gasteiger partial charge is 0.322 e. The zero-order valence-corrected chi connectivity index (χ0v) is 10.5. The summed E-state index contributed by atoms with van der Waals surface area (Å²) in [6.07, 6.45) is 1.30. The molecule has 2 aromatic heterocycles. The maximum atomic E-state index is 12.1. The van der Waals surface area contributed by atoms with Crippen LogP contribution in [0.25, 0.3) is 11.0 Å². The molecule has 3 N–H and O–H groups in total. The highest BCUT2D eigenvalue weighted by molar-refractivity contribution is 5.76. The second-order valence-corrected chi connectivity index (χ2v) is 4.55. The summed E-state index contributed by atoms with van der Waals surface area (Å²) >= 11 is 0. The minimum absolute atomic E-state index is 0.125. The zero-order chi connectivity index (χ0) is 13.4. The Morgan fingerprint density at radius 2 is 2.00 bits per heavy atom. The molecular weight excluding hydrogens is 234 g/mol. The molecule has 2 aromatic rings. The van der Waals surface area contributed by atoms with Crippen molar-refractivity contribution in [2.75, 3.05) is 0 Å². The van der Waals surface area contributed by atoms with Crippen LogP contribution in [0.4, 0.5) is 0 Å². The Hall–Kier alpha value is -2.02. The first kappa shape index (κ1) is 12.4. The third-order valence-corrected chi connectivity index (χ3v) is 2.96. The van der Waals surface area contributed by atoms with E-state index in [-0.39, 0.29) is 23.0 Å². The zero-order valence-electron chi connectivity index (χ0n) is 10.5. The van der Waals surface area contributed by atoms with E-state index in [0.29, 0.717) is 5.69 Å². The molecule has 96 valence electrons. The van der Waals surface area contributed by atoms with Crippen molar-refractivity contribution < 1.29 is 0 Å². The van der Waals surface area contributed by atoms with Gasteiger partial charge in [-0.25, -0.2) is 14.8 Å². The van der Waals surface area contributed by atoms with Crippen LogP contribution < -0.4 is 17.0 Å².